The van der Waals surface area contributed by atoms with E-state index in [4.69, 9.17) is 5.73 Å². The van der Waals surface area contributed by atoms with Gasteiger partial charge >= 0.3 is 0 Å². The number of benzene rings is 1. The average molecular weight is 236 g/mol. The molecule has 0 fully saturated rings. The molecule has 1 amide bonds. The van der Waals surface area contributed by atoms with Gasteiger partial charge in [0.2, 0.25) is 5.91 Å². The van der Waals surface area contributed by atoms with Crippen LogP contribution in [-0.4, -0.2) is 23.1 Å². The van der Waals surface area contributed by atoms with Crippen molar-refractivity contribution in [3.63, 3.8) is 0 Å². The topological polar surface area (TPSA) is 75.4 Å². The van der Waals surface area contributed by atoms with Gasteiger partial charge in [-0.05, 0) is 19.4 Å². The molecule has 94 valence electrons. The molecule has 4 heteroatoms. The van der Waals surface area contributed by atoms with E-state index in [1.165, 1.54) is 0 Å². The van der Waals surface area contributed by atoms with Crippen LogP contribution in [0.1, 0.15) is 31.9 Å². The lowest BCUT2D eigenvalue weighted by Gasteiger charge is -2.18. The summed E-state index contributed by atoms with van der Waals surface area (Å²) in [6.07, 6.45) is -0.435. The summed E-state index contributed by atoms with van der Waals surface area (Å²) in [7, 11) is 0. The number of aliphatic hydroxyl groups is 1. The molecule has 0 radical (unpaired) electrons. The minimum Gasteiger partial charge on any atom is -0.387 e. The molecule has 17 heavy (non-hydrogen) atoms. The largest absolute Gasteiger partial charge is 0.387 e. The van der Waals surface area contributed by atoms with E-state index in [1.54, 1.807) is 13.8 Å². The Hall–Kier alpha value is -1.39. The maximum atomic E-state index is 11.5. The molecular formula is C13H20N2O2. The van der Waals surface area contributed by atoms with Gasteiger partial charge < -0.3 is 16.2 Å². The number of nitrogens with two attached hydrogens (primary N) is 1. The van der Waals surface area contributed by atoms with Gasteiger partial charge in [-0.1, -0.05) is 30.3 Å². The maximum Gasteiger partial charge on any atom is 0.221 e. The van der Waals surface area contributed by atoms with Crippen LogP contribution in [0.15, 0.2) is 30.3 Å². The summed E-state index contributed by atoms with van der Waals surface area (Å²) < 4.78 is 0. The third-order valence-corrected chi connectivity index (χ3v) is 2.29. The molecule has 4 N–H and O–H groups in total. The highest BCUT2D eigenvalue weighted by atomic mass is 16.3. The Morgan fingerprint density at radius 2 is 2.00 bits per heavy atom. The molecule has 0 bridgehead atoms. The van der Waals surface area contributed by atoms with Crippen LogP contribution in [0.4, 0.5) is 0 Å². The quantitative estimate of drug-likeness (QED) is 0.713. The van der Waals surface area contributed by atoms with Crippen molar-refractivity contribution >= 4 is 5.91 Å². The Morgan fingerprint density at radius 1 is 1.41 bits per heavy atom. The van der Waals surface area contributed by atoms with Crippen LogP contribution in [0.3, 0.4) is 0 Å². The molecule has 1 atom stereocenters. The number of carbonyl (C=O) groups excluding carboxylic acids is 1. The summed E-state index contributed by atoms with van der Waals surface area (Å²) in [4.78, 5) is 11.5. The SMILES string of the molecule is CC(C)(N)CC(=O)NCC(O)c1ccccc1. The second kappa shape index (κ2) is 5.80. The molecule has 1 rings (SSSR count). The first-order valence-electron chi connectivity index (χ1n) is 5.67. The van der Waals surface area contributed by atoms with E-state index in [9.17, 15) is 9.90 Å². The molecule has 0 saturated carbocycles. The van der Waals surface area contributed by atoms with Gasteiger partial charge in [-0.15, -0.1) is 0 Å². The van der Waals surface area contributed by atoms with Crippen LogP contribution in [0.5, 0.6) is 0 Å². The minimum atomic E-state index is -0.680. The van der Waals surface area contributed by atoms with E-state index in [-0.39, 0.29) is 18.9 Å². The van der Waals surface area contributed by atoms with Gasteiger partial charge in [-0.3, -0.25) is 4.79 Å². The van der Waals surface area contributed by atoms with E-state index in [0.717, 1.165) is 5.56 Å². The monoisotopic (exact) mass is 236 g/mol. The van der Waals surface area contributed by atoms with Crippen molar-refractivity contribution < 1.29 is 9.90 Å². The normalized spacial score (nSPS) is 13.2. The summed E-state index contributed by atoms with van der Waals surface area (Å²) in [6.45, 7) is 3.79. The third kappa shape index (κ3) is 5.47. The molecule has 1 unspecified atom stereocenters. The van der Waals surface area contributed by atoms with Crippen molar-refractivity contribution in [2.45, 2.75) is 31.9 Å². The predicted octanol–water partition coefficient (Wildman–Crippen LogP) is 0.964. The smallest absolute Gasteiger partial charge is 0.221 e. The van der Waals surface area contributed by atoms with Crippen molar-refractivity contribution in [3.05, 3.63) is 35.9 Å². The lowest BCUT2D eigenvalue weighted by Crippen LogP contribution is -2.40. The molecular weight excluding hydrogens is 216 g/mol. The zero-order valence-corrected chi connectivity index (χ0v) is 10.3. The zero-order valence-electron chi connectivity index (χ0n) is 10.3. The number of amides is 1. The van der Waals surface area contributed by atoms with Gasteiger partial charge in [0.15, 0.2) is 0 Å². The van der Waals surface area contributed by atoms with Crippen molar-refractivity contribution in [2.24, 2.45) is 5.73 Å². The Bertz CT molecular complexity index is 357. The average Bonchev–Trinajstić information content (AvgIpc) is 2.25. The van der Waals surface area contributed by atoms with E-state index in [1.807, 2.05) is 30.3 Å². The number of rotatable bonds is 5. The number of carbonyl (C=O) groups is 1. The van der Waals surface area contributed by atoms with Crippen LogP contribution in [0.2, 0.25) is 0 Å². The fourth-order valence-electron chi connectivity index (χ4n) is 1.48. The van der Waals surface area contributed by atoms with Crippen LogP contribution in [0.25, 0.3) is 0 Å². The van der Waals surface area contributed by atoms with E-state index in [2.05, 4.69) is 5.32 Å². The molecule has 0 spiro atoms. The van der Waals surface area contributed by atoms with Crippen LogP contribution in [0, 0.1) is 0 Å². The molecule has 0 heterocycles. The lowest BCUT2D eigenvalue weighted by atomic mass is 10.0. The first-order chi connectivity index (χ1) is 7.88. The van der Waals surface area contributed by atoms with Crippen LogP contribution < -0.4 is 11.1 Å². The Kier molecular flexibility index (Phi) is 4.66. The molecule has 0 aliphatic carbocycles. The van der Waals surface area contributed by atoms with E-state index < -0.39 is 11.6 Å². The van der Waals surface area contributed by atoms with Crippen molar-refractivity contribution in [1.29, 1.82) is 0 Å². The van der Waals surface area contributed by atoms with Crippen LogP contribution in [-0.2, 0) is 4.79 Å². The number of hydrogen-bond donors (Lipinski definition) is 3. The third-order valence-electron chi connectivity index (χ3n) is 2.29. The van der Waals surface area contributed by atoms with Gasteiger partial charge in [-0.25, -0.2) is 0 Å². The summed E-state index contributed by atoms with van der Waals surface area (Å²) in [5, 5.41) is 12.5. The summed E-state index contributed by atoms with van der Waals surface area (Å²) in [5.74, 6) is -0.146. The zero-order chi connectivity index (χ0) is 12.9. The second-order valence-electron chi connectivity index (χ2n) is 4.90. The van der Waals surface area contributed by atoms with Gasteiger partial charge in [-0.2, -0.15) is 0 Å². The highest BCUT2D eigenvalue weighted by Crippen LogP contribution is 2.11. The van der Waals surface area contributed by atoms with E-state index in [0.29, 0.717) is 0 Å². The predicted molar refractivity (Wildman–Crippen MR) is 67.3 cm³/mol. The molecule has 1 aromatic rings. The summed E-state index contributed by atoms with van der Waals surface area (Å²) in [6, 6.07) is 9.23. The van der Waals surface area contributed by atoms with Gasteiger partial charge in [0, 0.05) is 18.5 Å². The highest BCUT2D eigenvalue weighted by molar-refractivity contribution is 5.77. The maximum absolute atomic E-state index is 11.5. The first kappa shape index (κ1) is 13.7. The first-order valence-corrected chi connectivity index (χ1v) is 5.67. The van der Waals surface area contributed by atoms with Gasteiger partial charge in [0.05, 0.1) is 6.10 Å². The molecule has 0 aromatic heterocycles. The second-order valence-corrected chi connectivity index (χ2v) is 4.90. The number of aliphatic hydroxyl groups excluding tert-OH is 1. The Morgan fingerprint density at radius 3 is 2.53 bits per heavy atom. The van der Waals surface area contributed by atoms with Crippen molar-refractivity contribution in [2.75, 3.05) is 6.54 Å². The fraction of sp³-hybridized carbons (Fsp3) is 0.462. The van der Waals surface area contributed by atoms with Crippen molar-refractivity contribution in [1.82, 2.24) is 5.32 Å². The molecule has 4 nitrogen and oxygen atoms in total. The lowest BCUT2D eigenvalue weighted by molar-refractivity contribution is -0.122. The van der Waals surface area contributed by atoms with Crippen molar-refractivity contribution in [3.8, 4) is 0 Å². The number of hydrogen-bond acceptors (Lipinski definition) is 3. The van der Waals surface area contributed by atoms with E-state index >= 15 is 0 Å². The molecule has 0 aliphatic heterocycles. The molecule has 0 saturated heterocycles. The highest BCUT2D eigenvalue weighted by Gasteiger charge is 2.17. The van der Waals surface area contributed by atoms with Gasteiger partial charge in [0.1, 0.15) is 0 Å². The molecule has 0 aliphatic rings. The standard InChI is InChI=1S/C13H20N2O2/c1-13(2,14)8-12(17)15-9-11(16)10-6-4-3-5-7-10/h3-7,11,16H,8-9,14H2,1-2H3,(H,15,17). The Labute approximate surface area is 102 Å². The summed E-state index contributed by atoms with van der Waals surface area (Å²) >= 11 is 0. The summed E-state index contributed by atoms with van der Waals surface area (Å²) in [5.41, 5.74) is 6.00. The number of nitrogens with one attached hydrogen (secondary N) is 1. The molecule has 1 aromatic carbocycles. The Balaban J connectivity index is 2.39. The van der Waals surface area contributed by atoms with Crippen LogP contribution >= 0.6 is 0 Å². The van der Waals surface area contributed by atoms with Gasteiger partial charge in [0.25, 0.3) is 0 Å². The fourth-order valence-corrected chi connectivity index (χ4v) is 1.48. The minimum absolute atomic E-state index is 0.146.